The van der Waals surface area contributed by atoms with Crippen molar-refractivity contribution in [2.75, 3.05) is 13.7 Å². The minimum Gasteiger partial charge on any atom is -0.469 e. The highest BCUT2D eigenvalue weighted by molar-refractivity contribution is 5.69. The molecule has 3 N–H and O–H groups in total. The van der Waals surface area contributed by atoms with Crippen LogP contribution >= 0.6 is 0 Å². The molecule has 0 spiro atoms. The summed E-state index contributed by atoms with van der Waals surface area (Å²) in [5.41, 5.74) is 2.90. The SMILES string of the molecule is COC(=O)CC(O)C(O)c1cccc2c1CCNC2. The van der Waals surface area contributed by atoms with E-state index in [9.17, 15) is 15.0 Å². The van der Waals surface area contributed by atoms with Crippen molar-refractivity contribution >= 4 is 5.97 Å². The lowest BCUT2D eigenvalue weighted by molar-refractivity contribution is -0.144. The standard InChI is InChI=1S/C14H19NO4/c1-19-13(17)7-12(16)14(18)11-4-2-3-9-8-15-6-5-10(9)11/h2-4,12,14-16,18H,5-8H2,1H3. The van der Waals surface area contributed by atoms with Crippen LogP contribution in [0.1, 0.15) is 29.2 Å². The first kappa shape index (κ1) is 14.0. The maximum absolute atomic E-state index is 11.1. The summed E-state index contributed by atoms with van der Waals surface area (Å²) in [4.78, 5) is 11.1. The van der Waals surface area contributed by atoms with E-state index in [4.69, 9.17) is 0 Å². The van der Waals surface area contributed by atoms with E-state index in [0.717, 1.165) is 30.6 Å². The molecule has 0 amide bonds. The zero-order valence-electron chi connectivity index (χ0n) is 10.9. The molecule has 2 unspecified atom stereocenters. The average Bonchev–Trinajstić information content (AvgIpc) is 2.45. The number of benzene rings is 1. The van der Waals surface area contributed by atoms with Gasteiger partial charge in [0, 0.05) is 6.54 Å². The van der Waals surface area contributed by atoms with Crippen LogP contribution in [-0.4, -0.2) is 35.9 Å². The monoisotopic (exact) mass is 265 g/mol. The predicted molar refractivity (Wildman–Crippen MR) is 69.5 cm³/mol. The Morgan fingerprint density at radius 2 is 2.26 bits per heavy atom. The van der Waals surface area contributed by atoms with Gasteiger partial charge in [-0.3, -0.25) is 4.79 Å². The summed E-state index contributed by atoms with van der Waals surface area (Å²) in [6.45, 7) is 1.62. The number of hydrogen-bond acceptors (Lipinski definition) is 5. The normalized spacial score (nSPS) is 17.4. The molecule has 0 fully saturated rings. The number of fused-ring (bicyclic) bond motifs is 1. The van der Waals surface area contributed by atoms with E-state index in [0.29, 0.717) is 5.56 Å². The van der Waals surface area contributed by atoms with Gasteiger partial charge in [0.2, 0.25) is 0 Å². The Labute approximate surface area is 112 Å². The molecule has 1 aromatic carbocycles. The van der Waals surface area contributed by atoms with Crippen molar-refractivity contribution in [1.29, 1.82) is 0 Å². The molecule has 0 radical (unpaired) electrons. The molecule has 5 heteroatoms. The number of ether oxygens (including phenoxy) is 1. The van der Waals surface area contributed by atoms with Gasteiger partial charge in [-0.25, -0.2) is 0 Å². The topological polar surface area (TPSA) is 78.8 Å². The highest BCUT2D eigenvalue weighted by atomic mass is 16.5. The molecular weight excluding hydrogens is 246 g/mol. The third-order valence-electron chi connectivity index (χ3n) is 3.46. The average molecular weight is 265 g/mol. The largest absolute Gasteiger partial charge is 0.469 e. The van der Waals surface area contributed by atoms with Crippen molar-refractivity contribution in [3.8, 4) is 0 Å². The van der Waals surface area contributed by atoms with Gasteiger partial charge in [0.05, 0.1) is 19.6 Å². The van der Waals surface area contributed by atoms with Crippen LogP contribution in [0.15, 0.2) is 18.2 Å². The Hall–Kier alpha value is -1.43. The first-order valence-corrected chi connectivity index (χ1v) is 6.37. The molecule has 1 aliphatic rings. The molecule has 1 aliphatic heterocycles. The number of carbonyl (C=O) groups excluding carboxylic acids is 1. The summed E-state index contributed by atoms with van der Waals surface area (Å²) in [7, 11) is 1.26. The third kappa shape index (κ3) is 3.12. The quantitative estimate of drug-likeness (QED) is 0.682. The summed E-state index contributed by atoms with van der Waals surface area (Å²) in [6, 6.07) is 5.66. The van der Waals surface area contributed by atoms with Gasteiger partial charge < -0.3 is 20.3 Å². The Morgan fingerprint density at radius 3 is 3.00 bits per heavy atom. The fourth-order valence-corrected chi connectivity index (χ4v) is 2.41. The summed E-state index contributed by atoms with van der Waals surface area (Å²) >= 11 is 0. The van der Waals surface area contributed by atoms with Crippen LogP contribution < -0.4 is 5.32 Å². The van der Waals surface area contributed by atoms with E-state index in [1.165, 1.54) is 7.11 Å². The molecule has 0 saturated heterocycles. The van der Waals surface area contributed by atoms with Crippen molar-refractivity contribution in [2.24, 2.45) is 0 Å². The fourth-order valence-electron chi connectivity index (χ4n) is 2.41. The predicted octanol–water partition coefficient (Wildman–Crippen LogP) is 0.290. The lowest BCUT2D eigenvalue weighted by Crippen LogP contribution is -2.28. The van der Waals surface area contributed by atoms with E-state index in [1.54, 1.807) is 6.07 Å². The number of aliphatic hydroxyl groups excluding tert-OH is 2. The minimum atomic E-state index is -1.14. The van der Waals surface area contributed by atoms with Crippen LogP contribution in [0.3, 0.4) is 0 Å². The van der Waals surface area contributed by atoms with Gasteiger partial charge in [0.15, 0.2) is 0 Å². The van der Waals surface area contributed by atoms with Gasteiger partial charge in [0.25, 0.3) is 0 Å². The number of methoxy groups -OCH3 is 1. The lowest BCUT2D eigenvalue weighted by atomic mass is 9.90. The second kappa shape index (κ2) is 6.14. The van der Waals surface area contributed by atoms with Crippen molar-refractivity contribution in [1.82, 2.24) is 5.32 Å². The van der Waals surface area contributed by atoms with Crippen LogP contribution in [0, 0.1) is 0 Å². The van der Waals surface area contributed by atoms with Gasteiger partial charge in [0.1, 0.15) is 6.10 Å². The van der Waals surface area contributed by atoms with Crippen molar-refractivity contribution in [3.63, 3.8) is 0 Å². The molecule has 0 aromatic heterocycles. The van der Waals surface area contributed by atoms with Gasteiger partial charge in [-0.1, -0.05) is 18.2 Å². The van der Waals surface area contributed by atoms with Gasteiger partial charge >= 0.3 is 5.97 Å². The van der Waals surface area contributed by atoms with Crippen molar-refractivity contribution in [3.05, 3.63) is 34.9 Å². The smallest absolute Gasteiger partial charge is 0.308 e. The first-order valence-electron chi connectivity index (χ1n) is 6.37. The van der Waals surface area contributed by atoms with Crippen molar-refractivity contribution in [2.45, 2.75) is 31.6 Å². The number of hydrogen-bond donors (Lipinski definition) is 3. The first-order chi connectivity index (χ1) is 9.13. The number of esters is 1. The fraction of sp³-hybridized carbons (Fsp3) is 0.500. The Kier molecular flexibility index (Phi) is 4.52. The summed E-state index contributed by atoms with van der Waals surface area (Å²) in [5, 5.41) is 23.4. The summed E-state index contributed by atoms with van der Waals surface area (Å²) in [6.07, 6.45) is -1.60. The Bertz CT molecular complexity index is 461. The summed E-state index contributed by atoms with van der Waals surface area (Å²) < 4.78 is 4.50. The molecule has 104 valence electrons. The maximum Gasteiger partial charge on any atom is 0.308 e. The van der Waals surface area contributed by atoms with E-state index < -0.39 is 18.2 Å². The molecule has 0 aliphatic carbocycles. The molecule has 0 bridgehead atoms. The van der Waals surface area contributed by atoms with Gasteiger partial charge in [-0.05, 0) is 29.7 Å². The number of aliphatic hydroxyl groups is 2. The molecule has 1 heterocycles. The number of rotatable bonds is 4. The zero-order valence-corrected chi connectivity index (χ0v) is 10.9. The van der Waals surface area contributed by atoms with E-state index in [1.807, 2.05) is 12.1 Å². The van der Waals surface area contributed by atoms with Crippen LogP contribution in [0.4, 0.5) is 0 Å². The third-order valence-corrected chi connectivity index (χ3v) is 3.46. The molecule has 5 nitrogen and oxygen atoms in total. The van der Waals surface area contributed by atoms with E-state index in [-0.39, 0.29) is 6.42 Å². The highest BCUT2D eigenvalue weighted by Gasteiger charge is 2.25. The van der Waals surface area contributed by atoms with Gasteiger partial charge in [-0.2, -0.15) is 0 Å². The van der Waals surface area contributed by atoms with Crippen LogP contribution in [0.5, 0.6) is 0 Å². The van der Waals surface area contributed by atoms with Crippen LogP contribution in [0.25, 0.3) is 0 Å². The van der Waals surface area contributed by atoms with E-state index in [2.05, 4.69) is 10.1 Å². The second-order valence-corrected chi connectivity index (χ2v) is 4.70. The highest BCUT2D eigenvalue weighted by Crippen LogP contribution is 2.27. The maximum atomic E-state index is 11.1. The molecule has 0 saturated carbocycles. The molecule has 2 atom stereocenters. The second-order valence-electron chi connectivity index (χ2n) is 4.70. The minimum absolute atomic E-state index is 0.209. The Balaban J connectivity index is 2.19. The molecular formula is C14H19NO4. The molecule has 1 aromatic rings. The van der Waals surface area contributed by atoms with Crippen molar-refractivity contribution < 1.29 is 19.7 Å². The van der Waals surface area contributed by atoms with Gasteiger partial charge in [-0.15, -0.1) is 0 Å². The zero-order chi connectivity index (χ0) is 13.8. The lowest BCUT2D eigenvalue weighted by Gasteiger charge is -2.25. The molecule has 2 rings (SSSR count). The summed E-state index contributed by atoms with van der Waals surface area (Å²) in [5.74, 6) is -0.530. The van der Waals surface area contributed by atoms with Crippen LogP contribution in [-0.2, 0) is 22.5 Å². The number of nitrogens with one attached hydrogen (secondary N) is 1. The van der Waals surface area contributed by atoms with E-state index >= 15 is 0 Å². The number of carbonyl (C=O) groups is 1. The molecule has 19 heavy (non-hydrogen) atoms. The van der Waals surface area contributed by atoms with Crippen LogP contribution in [0.2, 0.25) is 0 Å². The Morgan fingerprint density at radius 1 is 1.47 bits per heavy atom.